The Kier molecular flexibility index (Phi) is 23.6. The largest absolute Gasteiger partial charge is 0 e. The zero-order valence-electron chi connectivity index (χ0n) is 57.2. The van der Waals surface area contributed by atoms with Gasteiger partial charge in [-0.05, 0) is 164 Å². The molecule has 8 aromatic carbocycles. The molecule has 8 nitrogen and oxygen atoms in total. The van der Waals surface area contributed by atoms with Gasteiger partial charge in [-0.2, -0.15) is 0 Å². The molecule has 0 bridgehead atoms. The molecule has 0 aromatic heterocycles. The van der Waals surface area contributed by atoms with Gasteiger partial charge in [-0.15, -0.1) is 0 Å². The van der Waals surface area contributed by atoms with Gasteiger partial charge in [0.05, 0.1) is 13.2 Å². The maximum absolute atomic E-state index is 7.50. The van der Waals surface area contributed by atoms with Gasteiger partial charge >= 0.3 is 39.8 Å². The molecule has 0 unspecified atom stereocenters. The molecule has 0 amide bonds. The minimum atomic E-state index is -2.01. The molecule has 0 spiro atoms. The van der Waals surface area contributed by atoms with Crippen molar-refractivity contribution in [3.05, 3.63) is 179 Å². The summed E-state index contributed by atoms with van der Waals surface area (Å²) in [5.74, 6) is 2.98. The quantitative estimate of drug-likeness (QED) is 0.0354. The molecule has 0 aliphatic carbocycles. The molecule has 88 heavy (non-hydrogen) atoms. The predicted molar refractivity (Wildman–Crippen MR) is 366 cm³/mol. The van der Waals surface area contributed by atoms with Crippen LogP contribution in [0.4, 0.5) is 0 Å². The number of fused-ring (bicyclic) bond motifs is 4. The van der Waals surface area contributed by atoms with E-state index in [1.807, 2.05) is 0 Å². The summed E-state index contributed by atoms with van der Waals surface area (Å²) in [4.78, 5) is 0. The molecular weight excluding hydrogens is 1220 g/mol. The first-order chi connectivity index (χ1) is 40.1. The van der Waals surface area contributed by atoms with E-state index in [1.165, 1.54) is 43.8 Å². The van der Waals surface area contributed by atoms with Gasteiger partial charge in [0.25, 0.3) is 0 Å². The first kappa shape index (κ1) is 73.6. The molecule has 8 aromatic rings. The Morgan fingerprint density at radius 2 is 0.466 bits per heavy atom. The van der Waals surface area contributed by atoms with Gasteiger partial charge in [0.2, 0.25) is 0 Å². The summed E-state index contributed by atoms with van der Waals surface area (Å²) in [5, 5.41) is 9.11. The fraction of sp³-hybridized carbons (Fsp3) is 0.455. The zero-order chi connectivity index (χ0) is 65.2. The maximum atomic E-state index is 7.50. The van der Waals surface area contributed by atoms with E-state index in [-0.39, 0.29) is 76.0 Å². The normalized spacial score (nSPS) is 12.8. The predicted octanol–water partition coefficient (Wildman–Crippen LogP) is 23.1. The summed E-state index contributed by atoms with van der Waals surface area (Å²) < 4.78 is 57.5. The van der Waals surface area contributed by atoms with Crippen molar-refractivity contribution in [3.8, 4) is 23.0 Å². The molecule has 0 N–H and O–H groups in total. The molecule has 0 saturated carbocycles. The summed E-state index contributed by atoms with van der Waals surface area (Å²) in [6, 6.07) is 44.9. The minimum Gasteiger partial charge on any atom is 0 e. The van der Waals surface area contributed by atoms with Crippen molar-refractivity contribution in [2.75, 3.05) is 13.2 Å². The van der Waals surface area contributed by atoms with Crippen LogP contribution in [0.3, 0.4) is 0 Å². The van der Waals surface area contributed by atoms with Gasteiger partial charge in [0.1, 0.15) is 23.0 Å². The van der Waals surface area contributed by atoms with E-state index in [9.17, 15) is 0 Å². The Morgan fingerprint density at radius 3 is 0.636 bits per heavy atom. The summed E-state index contributed by atoms with van der Waals surface area (Å²) in [6.07, 6.45) is 0.509. The number of hydrogen-bond acceptors (Lipinski definition) is 6. The van der Waals surface area contributed by atoms with Crippen LogP contribution < -0.4 is 18.1 Å². The van der Waals surface area contributed by atoms with E-state index < -0.39 is 17.2 Å². The van der Waals surface area contributed by atoms with E-state index in [0.717, 1.165) is 66.8 Å². The van der Waals surface area contributed by atoms with Crippen molar-refractivity contribution >= 4 is 60.3 Å². The van der Waals surface area contributed by atoms with Crippen LogP contribution >= 0.6 is 17.2 Å². The molecule has 11 heteroatoms. The van der Waals surface area contributed by atoms with Crippen molar-refractivity contribution in [1.29, 1.82) is 0 Å². The molecule has 0 saturated heterocycles. The maximum Gasteiger partial charge on any atom is 0 e. The molecule has 0 aliphatic rings. The SMILES string of the molecule is CC(C)(C)c1ccc2cc(OP(OCCCOP(Oc3cc4ccc(C(C)(C)C)cc4cc3C(C)(C)C)Oc3cc4ccc(C(C)(C)C)cc4cc3C(C)(C)C)Oc3cc4ccc(C(C)(C)C)cc4cc3C(C)(C)C)c(C(C)(C)C)cc2c1.[C-]#[O+].[C-]#[O+].[Rh]. The third kappa shape index (κ3) is 18.5. The monoisotopic (exact) mass is 1320 g/mol. The fourth-order valence-electron chi connectivity index (χ4n) is 10.4. The van der Waals surface area contributed by atoms with Gasteiger partial charge in [-0.3, -0.25) is 9.05 Å². The second kappa shape index (κ2) is 28.2. The van der Waals surface area contributed by atoms with Crippen molar-refractivity contribution in [3.63, 3.8) is 0 Å². The standard InChI is InChI=1S/C75H98O6P2.2CO.Rh/c1-68(2,3)56-30-26-48-44-64(60(72(13,14)15)40-52(48)36-56)78-82(79-65-45-49-27-31-57(69(4,5)6)37-53(49)41-61(65)73(16,17)18)76-34-25-35-77-83(80-66-46-50-28-32-58(70(7,8)9)38-54(50)42-62(66)74(19,20)21)81-67-47-51-29-33-59(71(10,11)12)39-55(51)43-63(67)75(22,23)24;2*1-2;/h26-33,36-47H,25,34-35H2,1-24H3;;;. The number of hydrogen-bond donors (Lipinski definition) is 0. The molecule has 0 aliphatic heterocycles. The van der Waals surface area contributed by atoms with Crippen LogP contribution in [-0.4, -0.2) is 13.2 Å². The third-order valence-electron chi connectivity index (χ3n) is 15.8. The average Bonchev–Trinajstić information content (AvgIpc) is 1.44. The Balaban J connectivity index is 0.00000276. The number of rotatable bonds is 14. The minimum absolute atomic E-state index is 0. The first-order valence-corrected chi connectivity index (χ1v) is 32.7. The smallest absolute Gasteiger partial charge is 0 e. The van der Waals surface area contributed by atoms with Gasteiger partial charge in [-0.1, -0.05) is 239 Å². The zero-order valence-corrected chi connectivity index (χ0v) is 60.6. The fourth-order valence-corrected chi connectivity index (χ4v) is 12.5. The summed E-state index contributed by atoms with van der Waals surface area (Å²) in [5.41, 5.74) is 8.52. The van der Waals surface area contributed by atoms with Crippen molar-refractivity contribution in [1.82, 2.24) is 0 Å². The summed E-state index contributed by atoms with van der Waals surface area (Å²) in [6.45, 7) is 63.6. The Hall–Kier alpha value is -5.12. The Morgan fingerprint density at radius 1 is 0.273 bits per heavy atom. The van der Waals surface area contributed by atoms with Crippen LogP contribution in [0.1, 0.15) is 217 Å². The van der Waals surface area contributed by atoms with Gasteiger partial charge in [0.15, 0.2) is 0 Å². The van der Waals surface area contributed by atoms with Crippen molar-refractivity contribution in [2.24, 2.45) is 0 Å². The van der Waals surface area contributed by atoms with E-state index in [2.05, 4.69) is 301 Å². The summed E-state index contributed by atoms with van der Waals surface area (Å²) in [7, 11) is -4.03. The topological polar surface area (TPSA) is 95.2 Å². The van der Waals surface area contributed by atoms with E-state index in [1.54, 1.807) is 0 Å². The van der Waals surface area contributed by atoms with E-state index in [4.69, 9.17) is 36.4 Å². The molecular formula is C77H98O8P2Rh. The third-order valence-corrected chi connectivity index (χ3v) is 18.0. The van der Waals surface area contributed by atoms with E-state index >= 15 is 0 Å². The van der Waals surface area contributed by atoms with Crippen LogP contribution in [0.15, 0.2) is 121 Å². The first-order valence-electron chi connectivity index (χ1n) is 30.5. The van der Waals surface area contributed by atoms with Crippen LogP contribution in [0.5, 0.6) is 23.0 Å². The molecule has 0 heterocycles. The summed E-state index contributed by atoms with van der Waals surface area (Å²) >= 11 is 0. The number of benzene rings is 8. The van der Waals surface area contributed by atoms with E-state index in [0.29, 0.717) is 6.42 Å². The second-order valence-electron chi connectivity index (χ2n) is 31.5. The Bertz CT molecular complexity index is 3280. The average molecular weight is 1320 g/mol. The second-order valence-corrected chi connectivity index (χ2v) is 33.6. The molecule has 0 fully saturated rings. The molecule has 473 valence electrons. The molecule has 8 rings (SSSR count). The van der Waals surface area contributed by atoms with Crippen LogP contribution in [0, 0.1) is 13.3 Å². The van der Waals surface area contributed by atoms with Gasteiger partial charge in [0, 0.05) is 41.7 Å². The van der Waals surface area contributed by atoms with Crippen LogP contribution in [0.2, 0.25) is 0 Å². The van der Waals surface area contributed by atoms with Gasteiger partial charge in [-0.25, -0.2) is 0 Å². The van der Waals surface area contributed by atoms with Gasteiger partial charge < -0.3 is 18.1 Å². The molecule has 0 atom stereocenters. The molecule has 1 radical (unpaired) electrons. The van der Waals surface area contributed by atoms with Crippen LogP contribution in [0.25, 0.3) is 43.1 Å². The van der Waals surface area contributed by atoms with Crippen molar-refractivity contribution in [2.45, 2.75) is 216 Å². The van der Waals surface area contributed by atoms with Crippen LogP contribution in [-0.2, 0) is 81.1 Å². The Labute approximate surface area is 544 Å². The van der Waals surface area contributed by atoms with Crippen molar-refractivity contribution < 1.29 is 55.9 Å².